The summed E-state index contributed by atoms with van der Waals surface area (Å²) in [4.78, 5) is 10.5. The van der Waals surface area contributed by atoms with Gasteiger partial charge in [0.1, 0.15) is 0 Å². The van der Waals surface area contributed by atoms with Gasteiger partial charge in [0.25, 0.3) is 10.0 Å². The van der Waals surface area contributed by atoms with Gasteiger partial charge in [-0.2, -0.15) is 0 Å². The minimum absolute atomic E-state index is 0.0210. The highest BCUT2D eigenvalue weighted by atomic mass is 32.2. The molecule has 5 nitrogen and oxygen atoms in total. The van der Waals surface area contributed by atoms with Gasteiger partial charge in [-0.05, 0) is 43.7 Å². The van der Waals surface area contributed by atoms with Crippen LogP contribution in [-0.2, 0) is 10.0 Å². The van der Waals surface area contributed by atoms with E-state index in [2.05, 4.69) is 11.6 Å². The number of hydrogen-bond acceptors (Lipinski definition) is 4. The van der Waals surface area contributed by atoms with E-state index < -0.39 is 10.0 Å². The monoisotopic (exact) mass is 271 g/mol. The summed E-state index contributed by atoms with van der Waals surface area (Å²) in [6.07, 6.45) is 4.25. The summed E-state index contributed by atoms with van der Waals surface area (Å²) in [5.41, 5.74) is 0. The van der Waals surface area contributed by atoms with Gasteiger partial charge in [-0.3, -0.25) is 4.79 Å². The molecule has 1 aromatic heterocycles. The topological polar surface area (TPSA) is 76.4 Å². The number of carbonyl (C=O) groups is 1. The summed E-state index contributed by atoms with van der Waals surface area (Å²) >= 11 is 0. The van der Waals surface area contributed by atoms with E-state index in [1.165, 1.54) is 12.1 Å². The van der Waals surface area contributed by atoms with Crippen LogP contribution in [0.25, 0.3) is 0 Å². The summed E-state index contributed by atoms with van der Waals surface area (Å²) < 4.78 is 31.6. The van der Waals surface area contributed by atoms with Gasteiger partial charge in [0.05, 0.1) is 0 Å². The van der Waals surface area contributed by atoms with Crippen LogP contribution in [0.5, 0.6) is 0 Å². The third-order valence-electron chi connectivity index (χ3n) is 3.32. The molecule has 1 aliphatic rings. The lowest BCUT2D eigenvalue weighted by atomic mass is 9.88. The molecule has 0 aliphatic heterocycles. The molecule has 0 amide bonds. The Morgan fingerprint density at radius 1 is 1.28 bits per heavy atom. The highest BCUT2D eigenvalue weighted by Crippen LogP contribution is 2.25. The molecule has 1 aromatic rings. The molecule has 1 aliphatic carbocycles. The number of nitrogens with one attached hydrogen (secondary N) is 1. The van der Waals surface area contributed by atoms with E-state index in [0.29, 0.717) is 12.2 Å². The lowest BCUT2D eigenvalue weighted by Gasteiger charge is -2.26. The predicted molar refractivity (Wildman–Crippen MR) is 65.8 cm³/mol. The van der Waals surface area contributed by atoms with Gasteiger partial charge in [0.15, 0.2) is 12.0 Å². The van der Waals surface area contributed by atoms with Crippen LogP contribution in [0.4, 0.5) is 0 Å². The summed E-state index contributed by atoms with van der Waals surface area (Å²) in [5.74, 6) is 0.684. The number of sulfonamides is 1. The molecule has 0 radical (unpaired) electrons. The summed E-state index contributed by atoms with van der Waals surface area (Å²) in [6.45, 7) is 2.17. The SMILES string of the molecule is CC1CCC(NS(=O)(=O)c2ccc(C=O)o2)CC1. The Kier molecular flexibility index (Phi) is 3.87. The molecule has 1 N–H and O–H groups in total. The molecule has 1 fully saturated rings. The van der Waals surface area contributed by atoms with E-state index in [-0.39, 0.29) is 16.9 Å². The second-order valence-electron chi connectivity index (χ2n) is 4.85. The van der Waals surface area contributed by atoms with E-state index in [4.69, 9.17) is 4.42 Å². The molecule has 0 aromatic carbocycles. The molecule has 0 saturated heterocycles. The largest absolute Gasteiger partial charge is 0.440 e. The fourth-order valence-electron chi connectivity index (χ4n) is 2.20. The molecule has 2 rings (SSSR count). The van der Waals surface area contributed by atoms with Crippen LogP contribution in [0.15, 0.2) is 21.6 Å². The second kappa shape index (κ2) is 5.24. The number of aldehydes is 1. The van der Waals surface area contributed by atoms with Gasteiger partial charge < -0.3 is 4.42 Å². The van der Waals surface area contributed by atoms with E-state index in [1.54, 1.807) is 0 Å². The first-order chi connectivity index (χ1) is 8.51. The number of hydrogen-bond donors (Lipinski definition) is 1. The van der Waals surface area contributed by atoms with Crippen molar-refractivity contribution in [3.05, 3.63) is 17.9 Å². The zero-order valence-electron chi connectivity index (χ0n) is 10.3. The van der Waals surface area contributed by atoms with Crippen molar-refractivity contribution in [3.8, 4) is 0 Å². The van der Waals surface area contributed by atoms with Crippen molar-refractivity contribution in [1.29, 1.82) is 0 Å². The molecule has 100 valence electrons. The van der Waals surface area contributed by atoms with Crippen LogP contribution in [0.2, 0.25) is 0 Å². The lowest BCUT2D eigenvalue weighted by Crippen LogP contribution is -2.37. The number of carbonyl (C=O) groups excluding carboxylic acids is 1. The van der Waals surface area contributed by atoms with E-state index in [0.717, 1.165) is 25.7 Å². The Hall–Kier alpha value is -1.14. The summed E-state index contributed by atoms with van der Waals surface area (Å²) in [6, 6.07) is 2.62. The third-order valence-corrected chi connectivity index (χ3v) is 4.71. The predicted octanol–water partition coefficient (Wildman–Crippen LogP) is 1.95. The van der Waals surface area contributed by atoms with Gasteiger partial charge in [-0.15, -0.1) is 0 Å². The lowest BCUT2D eigenvalue weighted by molar-refractivity contribution is 0.109. The van der Waals surface area contributed by atoms with Gasteiger partial charge in [0, 0.05) is 6.04 Å². The molecule has 0 unspecified atom stereocenters. The van der Waals surface area contributed by atoms with Gasteiger partial charge in [0.2, 0.25) is 5.09 Å². The van der Waals surface area contributed by atoms with E-state index >= 15 is 0 Å². The maximum absolute atomic E-state index is 12.0. The number of furan rings is 1. The fraction of sp³-hybridized carbons (Fsp3) is 0.583. The molecule has 1 heterocycles. The molecule has 6 heteroatoms. The minimum atomic E-state index is -3.64. The van der Waals surface area contributed by atoms with Gasteiger partial charge in [-0.25, -0.2) is 13.1 Å². The van der Waals surface area contributed by atoms with Crippen molar-refractivity contribution in [1.82, 2.24) is 4.72 Å². The Balaban J connectivity index is 2.05. The third kappa shape index (κ3) is 3.00. The van der Waals surface area contributed by atoms with E-state index in [9.17, 15) is 13.2 Å². The van der Waals surface area contributed by atoms with Crippen molar-refractivity contribution < 1.29 is 17.6 Å². The average molecular weight is 271 g/mol. The summed E-state index contributed by atoms with van der Waals surface area (Å²) in [5, 5.41) is -0.191. The highest BCUT2D eigenvalue weighted by Gasteiger charge is 2.26. The van der Waals surface area contributed by atoms with E-state index in [1.807, 2.05) is 0 Å². The maximum Gasteiger partial charge on any atom is 0.274 e. The first kappa shape index (κ1) is 13.3. The first-order valence-corrected chi connectivity index (χ1v) is 7.57. The van der Waals surface area contributed by atoms with Crippen LogP contribution in [0.1, 0.15) is 43.2 Å². The van der Waals surface area contributed by atoms with Crippen LogP contribution < -0.4 is 4.72 Å². The van der Waals surface area contributed by atoms with Gasteiger partial charge in [-0.1, -0.05) is 6.92 Å². The Morgan fingerprint density at radius 3 is 2.50 bits per heavy atom. The zero-order valence-corrected chi connectivity index (χ0v) is 11.1. The van der Waals surface area contributed by atoms with Crippen LogP contribution in [0, 0.1) is 5.92 Å². The number of rotatable bonds is 4. The Labute approximate surface area is 107 Å². The Morgan fingerprint density at radius 2 is 1.94 bits per heavy atom. The van der Waals surface area contributed by atoms with Crippen LogP contribution in [-0.4, -0.2) is 20.7 Å². The quantitative estimate of drug-likeness (QED) is 0.849. The zero-order chi connectivity index (χ0) is 13.2. The van der Waals surface area contributed by atoms with Crippen molar-refractivity contribution in [2.45, 2.75) is 43.7 Å². The average Bonchev–Trinajstić information content (AvgIpc) is 2.81. The molecule has 0 atom stereocenters. The van der Waals surface area contributed by atoms with Crippen LogP contribution in [0.3, 0.4) is 0 Å². The minimum Gasteiger partial charge on any atom is -0.440 e. The Bertz CT molecular complexity index is 512. The van der Waals surface area contributed by atoms with Crippen molar-refractivity contribution in [3.63, 3.8) is 0 Å². The fourth-order valence-corrected chi connectivity index (χ4v) is 3.44. The second-order valence-corrected chi connectivity index (χ2v) is 6.50. The smallest absolute Gasteiger partial charge is 0.274 e. The molecular weight excluding hydrogens is 254 g/mol. The standard InChI is InChI=1S/C12H17NO4S/c1-9-2-4-10(5-3-9)13-18(15,16)12-7-6-11(8-14)17-12/h6-10,13H,2-5H2,1H3. The van der Waals surface area contributed by atoms with Gasteiger partial charge >= 0.3 is 0 Å². The molecule has 1 saturated carbocycles. The molecule has 18 heavy (non-hydrogen) atoms. The molecule has 0 spiro atoms. The molecular formula is C12H17NO4S. The maximum atomic E-state index is 12.0. The normalized spacial score (nSPS) is 24.9. The van der Waals surface area contributed by atoms with Crippen molar-refractivity contribution in [2.24, 2.45) is 5.92 Å². The molecule has 0 bridgehead atoms. The summed E-state index contributed by atoms with van der Waals surface area (Å²) in [7, 11) is -3.64. The first-order valence-electron chi connectivity index (χ1n) is 6.08. The van der Waals surface area contributed by atoms with Crippen molar-refractivity contribution >= 4 is 16.3 Å². The highest BCUT2D eigenvalue weighted by molar-refractivity contribution is 7.89. The van der Waals surface area contributed by atoms with Crippen molar-refractivity contribution in [2.75, 3.05) is 0 Å². The van der Waals surface area contributed by atoms with Crippen LogP contribution >= 0.6 is 0 Å².